The van der Waals surface area contributed by atoms with E-state index >= 15 is 0 Å². The van der Waals surface area contributed by atoms with Gasteiger partial charge in [-0.1, -0.05) is 12.1 Å². The monoisotopic (exact) mass is 266 g/mol. The number of carboxylic acids is 1. The minimum absolute atomic E-state index is 0.0335. The van der Waals surface area contributed by atoms with Gasteiger partial charge in [0.15, 0.2) is 0 Å². The van der Waals surface area contributed by atoms with Gasteiger partial charge >= 0.3 is 5.97 Å². The van der Waals surface area contributed by atoms with Crippen molar-refractivity contribution in [3.05, 3.63) is 48.3 Å². The molecule has 0 saturated carbocycles. The Bertz CT molecular complexity index is 662. The van der Waals surface area contributed by atoms with E-state index in [0.29, 0.717) is 0 Å². The van der Waals surface area contributed by atoms with Crippen molar-refractivity contribution < 1.29 is 18.3 Å². The lowest BCUT2D eigenvalue weighted by molar-refractivity contribution is 0.0698. The van der Waals surface area contributed by atoms with Crippen LogP contribution in [-0.2, 0) is 10.0 Å². The van der Waals surface area contributed by atoms with Crippen LogP contribution in [0.3, 0.4) is 0 Å². The number of sulfonamides is 1. The van der Waals surface area contributed by atoms with Gasteiger partial charge in [-0.15, -0.1) is 0 Å². The Morgan fingerprint density at radius 3 is 2.56 bits per heavy atom. The third-order valence-corrected chi connectivity index (χ3v) is 3.64. The Kier molecular flexibility index (Phi) is 3.07. The van der Waals surface area contributed by atoms with Gasteiger partial charge in [0.25, 0.3) is 10.0 Å². The van der Waals surface area contributed by atoms with Gasteiger partial charge < -0.3 is 10.1 Å². The molecule has 0 aliphatic carbocycles. The highest BCUT2D eigenvalue weighted by molar-refractivity contribution is 7.92. The largest absolute Gasteiger partial charge is 0.478 e. The summed E-state index contributed by atoms with van der Waals surface area (Å²) in [6, 6.07) is 7.19. The summed E-state index contributed by atoms with van der Waals surface area (Å²) in [5.74, 6) is -1.19. The molecule has 0 aliphatic rings. The van der Waals surface area contributed by atoms with E-state index in [9.17, 15) is 13.2 Å². The van der Waals surface area contributed by atoms with Crippen molar-refractivity contribution in [1.29, 1.82) is 0 Å². The Morgan fingerprint density at radius 2 is 1.94 bits per heavy atom. The van der Waals surface area contributed by atoms with Crippen molar-refractivity contribution in [3.8, 4) is 0 Å². The summed E-state index contributed by atoms with van der Waals surface area (Å²) in [6.07, 6.45) is 2.78. The molecule has 1 heterocycles. The lowest BCUT2D eigenvalue weighted by Gasteiger charge is -2.08. The summed E-state index contributed by atoms with van der Waals surface area (Å²) in [5.41, 5.74) is -0.0668. The summed E-state index contributed by atoms with van der Waals surface area (Å²) in [4.78, 5) is 13.6. The second-order valence-electron chi connectivity index (χ2n) is 3.50. The molecular weight excluding hydrogens is 256 g/mol. The van der Waals surface area contributed by atoms with E-state index in [4.69, 9.17) is 5.11 Å². The number of nitrogens with one attached hydrogen (secondary N) is 2. The number of hydrogen-bond donors (Lipinski definition) is 3. The lowest BCUT2D eigenvalue weighted by atomic mass is 10.2. The maximum absolute atomic E-state index is 11.9. The van der Waals surface area contributed by atoms with Gasteiger partial charge in [0.2, 0.25) is 0 Å². The van der Waals surface area contributed by atoms with E-state index in [1.165, 1.54) is 36.7 Å². The average Bonchev–Trinajstić information content (AvgIpc) is 2.83. The minimum atomic E-state index is -3.77. The maximum atomic E-state index is 11.9. The number of carbonyl (C=O) groups is 1. The molecule has 7 heteroatoms. The fourth-order valence-electron chi connectivity index (χ4n) is 1.44. The van der Waals surface area contributed by atoms with Crippen LogP contribution in [0, 0.1) is 0 Å². The van der Waals surface area contributed by atoms with Gasteiger partial charge in [-0.2, -0.15) is 0 Å². The van der Waals surface area contributed by atoms with Crippen LogP contribution in [0.1, 0.15) is 10.4 Å². The number of aromatic carboxylic acids is 1. The zero-order valence-corrected chi connectivity index (χ0v) is 9.94. The fourth-order valence-corrected chi connectivity index (χ4v) is 2.49. The molecule has 0 fully saturated rings. The highest BCUT2D eigenvalue weighted by Gasteiger charge is 2.18. The van der Waals surface area contributed by atoms with Crippen LogP contribution in [0.5, 0.6) is 0 Å². The summed E-state index contributed by atoms with van der Waals surface area (Å²) in [5, 5.41) is 8.95. The molecular formula is C11H10N2O4S. The smallest absolute Gasteiger partial charge is 0.337 e. The fraction of sp³-hybridized carbons (Fsp3) is 0. The number of para-hydroxylation sites is 1. The van der Waals surface area contributed by atoms with Crippen LogP contribution in [-0.4, -0.2) is 24.5 Å². The number of anilines is 1. The van der Waals surface area contributed by atoms with Crippen LogP contribution in [0.15, 0.2) is 47.6 Å². The van der Waals surface area contributed by atoms with Gasteiger partial charge in [0, 0.05) is 12.4 Å². The predicted octanol–water partition coefficient (Wildman–Crippen LogP) is 1.51. The van der Waals surface area contributed by atoms with Gasteiger partial charge in [-0.3, -0.25) is 4.72 Å². The molecule has 0 saturated heterocycles. The van der Waals surface area contributed by atoms with Crippen molar-refractivity contribution in [2.45, 2.75) is 4.90 Å². The molecule has 0 aliphatic heterocycles. The van der Waals surface area contributed by atoms with E-state index in [0.717, 1.165) is 0 Å². The number of rotatable bonds is 4. The summed E-state index contributed by atoms with van der Waals surface area (Å²) < 4.78 is 26.1. The standard InChI is InChI=1S/C11H10N2O4S/c14-11(15)9-3-1-2-4-10(9)13-18(16,17)8-5-6-12-7-8/h1-7,12-13H,(H,14,15). The molecule has 0 amide bonds. The van der Waals surface area contributed by atoms with Crippen LogP contribution in [0.2, 0.25) is 0 Å². The van der Waals surface area contributed by atoms with Crippen molar-refractivity contribution in [2.24, 2.45) is 0 Å². The summed E-state index contributed by atoms with van der Waals surface area (Å²) in [7, 11) is -3.77. The van der Waals surface area contributed by atoms with Crippen LogP contribution >= 0.6 is 0 Å². The predicted molar refractivity (Wildman–Crippen MR) is 65.0 cm³/mol. The van der Waals surface area contributed by atoms with Crippen LogP contribution in [0.25, 0.3) is 0 Å². The lowest BCUT2D eigenvalue weighted by Crippen LogP contribution is -2.14. The number of hydrogen-bond acceptors (Lipinski definition) is 3. The Balaban J connectivity index is 2.39. The highest BCUT2D eigenvalue weighted by atomic mass is 32.2. The van der Waals surface area contributed by atoms with Crippen molar-refractivity contribution in [1.82, 2.24) is 4.98 Å². The molecule has 18 heavy (non-hydrogen) atoms. The Hall–Kier alpha value is -2.28. The molecule has 0 unspecified atom stereocenters. The molecule has 1 aromatic carbocycles. The number of benzene rings is 1. The van der Waals surface area contributed by atoms with Crippen LogP contribution < -0.4 is 4.72 Å². The second-order valence-corrected chi connectivity index (χ2v) is 5.19. The third kappa shape index (κ3) is 2.35. The molecule has 0 radical (unpaired) electrons. The molecule has 0 bridgehead atoms. The van der Waals surface area contributed by atoms with Gasteiger partial charge in [-0.25, -0.2) is 13.2 Å². The first kappa shape index (κ1) is 12.2. The first-order valence-corrected chi connectivity index (χ1v) is 6.47. The second kappa shape index (κ2) is 4.53. The first-order chi connectivity index (χ1) is 8.50. The number of aromatic nitrogens is 1. The molecule has 0 spiro atoms. The Morgan fingerprint density at radius 1 is 1.22 bits per heavy atom. The summed E-state index contributed by atoms with van der Waals surface area (Å²) >= 11 is 0. The van der Waals surface area contributed by atoms with E-state index in [-0.39, 0.29) is 16.1 Å². The molecule has 6 nitrogen and oxygen atoms in total. The molecule has 3 N–H and O–H groups in total. The molecule has 94 valence electrons. The number of aromatic amines is 1. The van der Waals surface area contributed by atoms with Crippen molar-refractivity contribution in [2.75, 3.05) is 4.72 Å². The zero-order valence-electron chi connectivity index (χ0n) is 9.12. The highest BCUT2D eigenvalue weighted by Crippen LogP contribution is 2.19. The quantitative estimate of drug-likeness (QED) is 0.781. The molecule has 1 aromatic heterocycles. The van der Waals surface area contributed by atoms with Gasteiger partial charge in [0.1, 0.15) is 4.90 Å². The number of H-pyrrole nitrogens is 1. The van der Waals surface area contributed by atoms with Crippen LogP contribution in [0.4, 0.5) is 5.69 Å². The van der Waals surface area contributed by atoms with E-state index in [1.54, 1.807) is 6.07 Å². The Labute approximate surface area is 103 Å². The number of carboxylic acid groups (broad SMARTS) is 1. The van der Waals surface area contributed by atoms with E-state index < -0.39 is 16.0 Å². The van der Waals surface area contributed by atoms with Gasteiger partial charge in [0.05, 0.1) is 11.3 Å². The normalized spacial score (nSPS) is 11.1. The van der Waals surface area contributed by atoms with Crippen molar-refractivity contribution in [3.63, 3.8) is 0 Å². The van der Waals surface area contributed by atoms with Gasteiger partial charge in [-0.05, 0) is 18.2 Å². The minimum Gasteiger partial charge on any atom is -0.478 e. The maximum Gasteiger partial charge on any atom is 0.337 e. The molecule has 2 aromatic rings. The van der Waals surface area contributed by atoms with E-state index in [2.05, 4.69) is 9.71 Å². The summed E-state index contributed by atoms with van der Waals surface area (Å²) in [6.45, 7) is 0. The zero-order chi connectivity index (χ0) is 13.2. The molecule has 2 rings (SSSR count). The first-order valence-electron chi connectivity index (χ1n) is 4.98. The molecule has 0 atom stereocenters. The van der Waals surface area contributed by atoms with Crippen molar-refractivity contribution >= 4 is 21.7 Å². The third-order valence-electron chi connectivity index (χ3n) is 2.28. The SMILES string of the molecule is O=C(O)c1ccccc1NS(=O)(=O)c1cc[nH]c1. The topological polar surface area (TPSA) is 99.3 Å². The average molecular weight is 266 g/mol. The van der Waals surface area contributed by atoms with E-state index in [1.807, 2.05) is 0 Å².